The van der Waals surface area contributed by atoms with Crippen molar-refractivity contribution in [2.75, 3.05) is 18.5 Å². The second-order valence-corrected chi connectivity index (χ2v) is 6.49. The predicted molar refractivity (Wildman–Crippen MR) is 115 cm³/mol. The van der Waals surface area contributed by atoms with E-state index >= 15 is 0 Å². The topological polar surface area (TPSA) is 81.1 Å². The van der Waals surface area contributed by atoms with Crippen LogP contribution in [0.2, 0.25) is 0 Å². The van der Waals surface area contributed by atoms with Crippen LogP contribution >= 0.6 is 0 Å². The SMILES string of the molecule is O=C(NCCOc1ccccc1)c1ccnc(Nc2ccc(-n3ccnc3)cc2)c1. The third-order valence-electron chi connectivity index (χ3n) is 4.36. The number of nitrogens with zero attached hydrogens (tertiary/aromatic N) is 3. The number of benzene rings is 2. The molecule has 4 aromatic rings. The van der Waals surface area contributed by atoms with Crippen molar-refractivity contribution in [3.8, 4) is 11.4 Å². The van der Waals surface area contributed by atoms with Crippen molar-refractivity contribution in [2.24, 2.45) is 0 Å². The molecule has 7 nitrogen and oxygen atoms in total. The van der Waals surface area contributed by atoms with Crippen LogP contribution in [0, 0.1) is 0 Å². The molecule has 0 spiro atoms. The molecule has 0 aliphatic heterocycles. The number of ether oxygens (including phenoxy) is 1. The fourth-order valence-electron chi connectivity index (χ4n) is 2.87. The molecule has 150 valence electrons. The second kappa shape index (κ2) is 9.38. The minimum atomic E-state index is -0.174. The molecule has 30 heavy (non-hydrogen) atoms. The van der Waals surface area contributed by atoms with Crippen molar-refractivity contribution < 1.29 is 9.53 Å². The molecule has 2 aromatic heterocycles. The van der Waals surface area contributed by atoms with Gasteiger partial charge in [-0.05, 0) is 48.5 Å². The number of rotatable bonds is 8. The van der Waals surface area contributed by atoms with Gasteiger partial charge in [-0.1, -0.05) is 18.2 Å². The summed E-state index contributed by atoms with van der Waals surface area (Å²) in [5, 5.41) is 6.07. The average molecular weight is 399 g/mol. The van der Waals surface area contributed by atoms with Gasteiger partial charge in [-0.15, -0.1) is 0 Å². The molecular formula is C23H21N5O2. The van der Waals surface area contributed by atoms with Crippen LogP contribution in [0.3, 0.4) is 0 Å². The summed E-state index contributed by atoms with van der Waals surface area (Å²) >= 11 is 0. The number of hydrogen-bond donors (Lipinski definition) is 2. The molecular weight excluding hydrogens is 378 g/mol. The van der Waals surface area contributed by atoms with Gasteiger partial charge in [-0.2, -0.15) is 0 Å². The van der Waals surface area contributed by atoms with Crippen molar-refractivity contribution in [1.82, 2.24) is 19.9 Å². The standard InChI is InChI=1S/C23H21N5O2/c29-23(26-13-15-30-21-4-2-1-3-5-21)18-10-11-25-22(16-18)27-19-6-8-20(9-7-19)28-14-12-24-17-28/h1-12,14,16-17H,13,15H2,(H,25,27)(H,26,29). The molecule has 1 amide bonds. The highest BCUT2D eigenvalue weighted by atomic mass is 16.5. The molecule has 0 radical (unpaired) electrons. The number of amides is 1. The first kappa shape index (κ1) is 19.2. The zero-order chi connectivity index (χ0) is 20.6. The van der Waals surface area contributed by atoms with Gasteiger partial charge in [-0.3, -0.25) is 4.79 Å². The minimum Gasteiger partial charge on any atom is -0.492 e. The summed E-state index contributed by atoms with van der Waals surface area (Å²) in [5.74, 6) is 1.20. The highest BCUT2D eigenvalue weighted by Crippen LogP contribution is 2.18. The average Bonchev–Trinajstić information content (AvgIpc) is 3.33. The quantitative estimate of drug-likeness (QED) is 0.440. The molecule has 0 atom stereocenters. The van der Waals surface area contributed by atoms with Crippen molar-refractivity contribution in [1.29, 1.82) is 0 Å². The first-order valence-corrected chi connectivity index (χ1v) is 9.55. The van der Waals surface area contributed by atoms with Gasteiger partial charge in [0.25, 0.3) is 5.91 Å². The lowest BCUT2D eigenvalue weighted by Crippen LogP contribution is -2.28. The Morgan fingerprint density at radius 1 is 1.00 bits per heavy atom. The van der Waals surface area contributed by atoms with Crippen LogP contribution < -0.4 is 15.4 Å². The van der Waals surface area contributed by atoms with Crippen LogP contribution in [0.1, 0.15) is 10.4 Å². The molecule has 2 N–H and O–H groups in total. The Bertz CT molecular complexity index is 1080. The number of aromatic nitrogens is 3. The number of anilines is 2. The van der Waals surface area contributed by atoms with Crippen molar-refractivity contribution in [3.05, 3.63) is 97.2 Å². The Kier molecular flexibility index (Phi) is 6.00. The predicted octanol–water partition coefficient (Wildman–Crippen LogP) is 3.82. The second-order valence-electron chi connectivity index (χ2n) is 6.49. The maximum absolute atomic E-state index is 12.4. The summed E-state index contributed by atoms with van der Waals surface area (Å²) in [6.07, 6.45) is 6.98. The van der Waals surface area contributed by atoms with Crippen LogP contribution in [0.15, 0.2) is 91.6 Å². The van der Waals surface area contributed by atoms with E-state index in [1.807, 2.05) is 65.4 Å². The van der Waals surface area contributed by atoms with E-state index in [0.29, 0.717) is 24.5 Å². The van der Waals surface area contributed by atoms with E-state index in [2.05, 4.69) is 20.6 Å². The lowest BCUT2D eigenvalue weighted by molar-refractivity contribution is 0.0947. The Hall–Kier alpha value is -4.13. The number of para-hydroxylation sites is 1. The normalized spacial score (nSPS) is 10.4. The molecule has 0 bridgehead atoms. The molecule has 0 aliphatic carbocycles. The smallest absolute Gasteiger partial charge is 0.251 e. The van der Waals surface area contributed by atoms with Gasteiger partial charge >= 0.3 is 0 Å². The van der Waals surface area contributed by atoms with Gasteiger partial charge in [0, 0.05) is 35.5 Å². The minimum absolute atomic E-state index is 0.174. The fourth-order valence-corrected chi connectivity index (χ4v) is 2.87. The number of nitrogens with one attached hydrogen (secondary N) is 2. The van der Waals surface area contributed by atoms with E-state index in [1.54, 1.807) is 30.9 Å². The molecule has 7 heteroatoms. The van der Waals surface area contributed by atoms with Gasteiger partial charge in [0.1, 0.15) is 18.2 Å². The maximum atomic E-state index is 12.4. The van der Waals surface area contributed by atoms with Crippen molar-refractivity contribution in [3.63, 3.8) is 0 Å². The van der Waals surface area contributed by atoms with E-state index in [0.717, 1.165) is 17.1 Å². The first-order valence-electron chi connectivity index (χ1n) is 9.55. The third-order valence-corrected chi connectivity index (χ3v) is 4.36. The lowest BCUT2D eigenvalue weighted by atomic mass is 10.2. The summed E-state index contributed by atoms with van der Waals surface area (Å²) in [6.45, 7) is 0.809. The Balaban J connectivity index is 1.31. The van der Waals surface area contributed by atoms with Crippen LogP contribution in [-0.4, -0.2) is 33.6 Å². The summed E-state index contributed by atoms with van der Waals surface area (Å²) in [4.78, 5) is 20.7. The molecule has 2 heterocycles. The third kappa shape index (κ3) is 5.02. The van der Waals surface area contributed by atoms with Crippen molar-refractivity contribution >= 4 is 17.4 Å². The zero-order valence-corrected chi connectivity index (χ0v) is 16.2. The van der Waals surface area contributed by atoms with Gasteiger partial charge < -0.3 is 19.9 Å². The zero-order valence-electron chi connectivity index (χ0n) is 16.2. The highest BCUT2D eigenvalue weighted by molar-refractivity contribution is 5.94. The number of imidazole rings is 1. The molecule has 0 saturated carbocycles. The molecule has 0 saturated heterocycles. The Morgan fingerprint density at radius 3 is 2.60 bits per heavy atom. The number of pyridine rings is 1. The highest BCUT2D eigenvalue weighted by Gasteiger charge is 2.07. The van der Waals surface area contributed by atoms with Gasteiger partial charge in [-0.25, -0.2) is 9.97 Å². The summed E-state index contributed by atoms with van der Waals surface area (Å²) in [6, 6.07) is 20.8. The van der Waals surface area contributed by atoms with Gasteiger partial charge in [0.05, 0.1) is 12.9 Å². The summed E-state index contributed by atoms with van der Waals surface area (Å²) < 4.78 is 7.51. The van der Waals surface area contributed by atoms with Gasteiger partial charge in [0.15, 0.2) is 0 Å². The van der Waals surface area contributed by atoms with Crippen LogP contribution in [0.25, 0.3) is 5.69 Å². The molecule has 0 aliphatic rings. The largest absolute Gasteiger partial charge is 0.492 e. The fraction of sp³-hybridized carbons (Fsp3) is 0.0870. The van der Waals surface area contributed by atoms with Gasteiger partial charge in [0.2, 0.25) is 0 Å². The number of carbonyl (C=O) groups excluding carboxylic acids is 1. The molecule has 2 aromatic carbocycles. The summed E-state index contributed by atoms with van der Waals surface area (Å²) in [7, 11) is 0. The first-order chi connectivity index (χ1) is 14.8. The maximum Gasteiger partial charge on any atom is 0.251 e. The lowest BCUT2D eigenvalue weighted by Gasteiger charge is -2.10. The van der Waals surface area contributed by atoms with Crippen LogP contribution in [0.5, 0.6) is 5.75 Å². The van der Waals surface area contributed by atoms with Crippen LogP contribution in [0.4, 0.5) is 11.5 Å². The van der Waals surface area contributed by atoms with Crippen LogP contribution in [-0.2, 0) is 0 Å². The van der Waals surface area contributed by atoms with E-state index < -0.39 is 0 Å². The number of carbonyl (C=O) groups is 1. The monoisotopic (exact) mass is 399 g/mol. The Labute approximate surface area is 174 Å². The number of hydrogen-bond acceptors (Lipinski definition) is 5. The van der Waals surface area contributed by atoms with E-state index in [-0.39, 0.29) is 5.91 Å². The molecule has 0 fully saturated rings. The Morgan fingerprint density at radius 2 is 1.83 bits per heavy atom. The van der Waals surface area contributed by atoms with E-state index in [1.165, 1.54) is 0 Å². The van der Waals surface area contributed by atoms with Crippen molar-refractivity contribution in [2.45, 2.75) is 0 Å². The van der Waals surface area contributed by atoms with E-state index in [4.69, 9.17) is 4.74 Å². The molecule has 0 unspecified atom stereocenters. The summed E-state index contributed by atoms with van der Waals surface area (Å²) in [5.41, 5.74) is 2.42. The van der Waals surface area contributed by atoms with E-state index in [9.17, 15) is 4.79 Å². The molecule has 4 rings (SSSR count).